The van der Waals surface area contributed by atoms with Crippen LogP contribution in [0.3, 0.4) is 0 Å². The Hall–Kier alpha value is -2.94. The summed E-state index contributed by atoms with van der Waals surface area (Å²) >= 11 is 17.7. The Kier molecular flexibility index (Phi) is 10.1. The average Bonchev–Trinajstić information content (AvgIpc) is 3.26. The third kappa shape index (κ3) is 7.79. The molecule has 2 aliphatic heterocycles. The van der Waals surface area contributed by atoms with Crippen molar-refractivity contribution in [1.29, 1.82) is 0 Å². The van der Waals surface area contributed by atoms with Gasteiger partial charge in [0, 0.05) is 31.3 Å². The zero-order chi connectivity index (χ0) is 26.9. The van der Waals surface area contributed by atoms with Crippen LogP contribution in [0.15, 0.2) is 62.3 Å². The maximum atomic E-state index is 6.42. The molecule has 0 saturated heterocycles. The summed E-state index contributed by atoms with van der Waals surface area (Å²) in [5.74, 6) is 1.89. The largest absolute Gasteiger partial charge is 0.494 e. The molecule has 2 aliphatic rings. The number of rotatable bonds is 11. The van der Waals surface area contributed by atoms with E-state index in [0.29, 0.717) is 29.5 Å². The van der Waals surface area contributed by atoms with Gasteiger partial charge in [0.1, 0.15) is 34.5 Å². The summed E-state index contributed by atoms with van der Waals surface area (Å²) in [5.41, 5.74) is 3.56. The summed E-state index contributed by atoms with van der Waals surface area (Å²) in [6.07, 6.45) is 7.33. The molecule has 202 valence electrons. The standard InChI is InChI=1S/C27H29Cl3N4O4/c1-34-31-12-3-6-24(32-34)18-7-9-19(10-8-18)36-13-4-5-20-17-25(33-38-20)22-15-21(37-14-11-26(29)30)16-23(28)27(22)35-2/h7-12,15-16,20H,3-6,13-14,17H2,1-2H3. The highest BCUT2D eigenvalue weighted by Crippen LogP contribution is 2.36. The van der Waals surface area contributed by atoms with E-state index in [1.54, 1.807) is 24.4 Å². The molecule has 1 atom stereocenters. The second kappa shape index (κ2) is 13.7. The predicted octanol–water partition coefficient (Wildman–Crippen LogP) is 6.81. The molecule has 4 rings (SSSR count). The molecule has 0 aromatic heterocycles. The molecule has 0 radical (unpaired) electrons. The Morgan fingerprint density at radius 1 is 1.13 bits per heavy atom. The van der Waals surface area contributed by atoms with Gasteiger partial charge in [-0.05, 0) is 67.7 Å². The quantitative estimate of drug-likeness (QED) is 0.273. The summed E-state index contributed by atoms with van der Waals surface area (Å²) in [4.78, 5) is 5.69. The molecule has 2 aromatic rings. The summed E-state index contributed by atoms with van der Waals surface area (Å²) < 4.78 is 17.3. The van der Waals surface area contributed by atoms with Crippen LogP contribution in [-0.2, 0) is 4.84 Å². The third-order valence-electron chi connectivity index (χ3n) is 5.90. The minimum Gasteiger partial charge on any atom is -0.494 e. The Labute approximate surface area is 237 Å². The highest BCUT2D eigenvalue weighted by molar-refractivity contribution is 6.55. The third-order valence-corrected chi connectivity index (χ3v) is 6.49. The van der Waals surface area contributed by atoms with E-state index in [9.17, 15) is 0 Å². The lowest BCUT2D eigenvalue weighted by molar-refractivity contribution is 0.0741. The van der Waals surface area contributed by atoms with Gasteiger partial charge in [-0.1, -0.05) is 40.0 Å². The zero-order valence-corrected chi connectivity index (χ0v) is 23.5. The SMILES string of the molecule is COc1c(Cl)cc(OCC=C(Cl)Cl)cc1C1=NOC(CCCOc2ccc(C3=NN(C)N=CCC3)cc2)C1. The lowest BCUT2D eigenvalue weighted by Gasteiger charge is -2.13. The Bertz CT molecular complexity index is 1230. The fraction of sp³-hybridized carbons (Fsp3) is 0.370. The van der Waals surface area contributed by atoms with Gasteiger partial charge in [-0.15, -0.1) is 0 Å². The van der Waals surface area contributed by atoms with Gasteiger partial charge in [0.05, 0.1) is 30.2 Å². The van der Waals surface area contributed by atoms with Crippen molar-refractivity contribution in [3.05, 3.63) is 63.1 Å². The monoisotopic (exact) mass is 578 g/mol. The topological polar surface area (TPSA) is 77.2 Å². The molecule has 0 saturated carbocycles. The van der Waals surface area contributed by atoms with Gasteiger partial charge in [0.25, 0.3) is 0 Å². The number of hydrazone groups is 2. The fourth-order valence-corrected chi connectivity index (χ4v) is 4.50. The number of hydrogen-bond donors (Lipinski definition) is 0. The van der Waals surface area contributed by atoms with Crippen molar-refractivity contribution in [2.45, 2.75) is 38.2 Å². The van der Waals surface area contributed by atoms with Crippen LogP contribution in [0.25, 0.3) is 0 Å². The molecule has 0 bridgehead atoms. The highest BCUT2D eigenvalue weighted by Gasteiger charge is 2.26. The van der Waals surface area contributed by atoms with Crippen molar-refractivity contribution in [3.8, 4) is 17.2 Å². The Morgan fingerprint density at radius 2 is 1.95 bits per heavy atom. The lowest BCUT2D eigenvalue weighted by Crippen LogP contribution is -2.11. The molecule has 11 heteroatoms. The van der Waals surface area contributed by atoms with Crippen molar-refractivity contribution >= 4 is 52.4 Å². The van der Waals surface area contributed by atoms with E-state index in [1.165, 1.54) is 0 Å². The van der Waals surface area contributed by atoms with E-state index in [2.05, 4.69) is 15.4 Å². The van der Waals surface area contributed by atoms with Crippen molar-refractivity contribution in [3.63, 3.8) is 0 Å². The number of ether oxygens (including phenoxy) is 3. The molecule has 0 fully saturated rings. The molecule has 0 aliphatic carbocycles. The number of halogens is 3. The van der Waals surface area contributed by atoms with Crippen molar-refractivity contribution in [2.75, 3.05) is 27.4 Å². The van der Waals surface area contributed by atoms with Gasteiger partial charge in [0.2, 0.25) is 0 Å². The van der Waals surface area contributed by atoms with Crippen molar-refractivity contribution in [1.82, 2.24) is 5.12 Å². The second-order valence-electron chi connectivity index (χ2n) is 8.65. The summed E-state index contributed by atoms with van der Waals surface area (Å²) in [6.45, 7) is 0.779. The van der Waals surface area contributed by atoms with Gasteiger partial charge in [-0.25, -0.2) is 0 Å². The number of oxime groups is 1. The zero-order valence-electron chi connectivity index (χ0n) is 21.2. The van der Waals surface area contributed by atoms with Crippen LogP contribution in [0, 0.1) is 0 Å². The number of benzene rings is 2. The first-order valence-corrected chi connectivity index (χ1v) is 13.4. The van der Waals surface area contributed by atoms with Gasteiger partial charge >= 0.3 is 0 Å². The van der Waals surface area contributed by atoms with Crippen LogP contribution in [-0.4, -0.2) is 56.2 Å². The molecule has 8 nitrogen and oxygen atoms in total. The van der Waals surface area contributed by atoms with E-state index in [0.717, 1.165) is 54.0 Å². The van der Waals surface area contributed by atoms with Crippen LogP contribution in [0.4, 0.5) is 0 Å². The summed E-state index contributed by atoms with van der Waals surface area (Å²) in [6, 6.07) is 11.5. The molecule has 1 unspecified atom stereocenters. The van der Waals surface area contributed by atoms with E-state index in [-0.39, 0.29) is 17.2 Å². The van der Waals surface area contributed by atoms with Crippen LogP contribution in [0.2, 0.25) is 5.02 Å². The molecule has 2 aromatic carbocycles. The molecule has 38 heavy (non-hydrogen) atoms. The lowest BCUT2D eigenvalue weighted by atomic mass is 10.0. The first-order valence-electron chi connectivity index (χ1n) is 12.2. The van der Waals surface area contributed by atoms with Gasteiger partial charge in [-0.2, -0.15) is 15.3 Å². The van der Waals surface area contributed by atoms with Crippen molar-refractivity contribution in [2.24, 2.45) is 15.4 Å². The smallest absolute Gasteiger partial charge is 0.146 e. The Balaban J connectivity index is 1.26. The van der Waals surface area contributed by atoms with Crippen LogP contribution < -0.4 is 14.2 Å². The maximum absolute atomic E-state index is 6.42. The minimum absolute atomic E-state index is 0.0607. The average molecular weight is 580 g/mol. The van der Waals surface area contributed by atoms with E-state index >= 15 is 0 Å². The van der Waals surface area contributed by atoms with E-state index in [4.69, 9.17) is 53.9 Å². The van der Waals surface area contributed by atoms with Crippen molar-refractivity contribution < 1.29 is 19.0 Å². The van der Waals surface area contributed by atoms with Crippen LogP contribution in [0.1, 0.15) is 43.2 Å². The van der Waals surface area contributed by atoms with Crippen LogP contribution >= 0.6 is 34.8 Å². The van der Waals surface area contributed by atoms with E-state index in [1.807, 2.05) is 43.6 Å². The van der Waals surface area contributed by atoms with Gasteiger partial charge in [-0.3, -0.25) is 0 Å². The van der Waals surface area contributed by atoms with Crippen LogP contribution in [0.5, 0.6) is 17.2 Å². The van der Waals surface area contributed by atoms with Gasteiger partial charge < -0.3 is 19.0 Å². The number of methoxy groups -OCH3 is 1. The molecule has 0 spiro atoms. The molecule has 2 heterocycles. The van der Waals surface area contributed by atoms with E-state index < -0.39 is 0 Å². The highest BCUT2D eigenvalue weighted by atomic mass is 35.5. The summed E-state index contributed by atoms with van der Waals surface area (Å²) in [5, 5.41) is 15.0. The molecule has 0 N–H and O–H groups in total. The first-order chi connectivity index (χ1) is 18.4. The number of hydrogen-bond acceptors (Lipinski definition) is 8. The molecule has 0 amide bonds. The predicted molar refractivity (Wildman–Crippen MR) is 153 cm³/mol. The molecular weight excluding hydrogens is 551 g/mol. The maximum Gasteiger partial charge on any atom is 0.146 e. The fourth-order valence-electron chi connectivity index (χ4n) is 4.09. The normalized spacial score (nSPS) is 16.8. The first kappa shape index (κ1) is 28.1. The second-order valence-corrected chi connectivity index (χ2v) is 10.1. The minimum atomic E-state index is -0.0607. The number of nitrogens with zero attached hydrogens (tertiary/aromatic N) is 4. The Morgan fingerprint density at radius 3 is 2.71 bits per heavy atom. The molecular formula is C27H29Cl3N4O4. The van der Waals surface area contributed by atoms with Gasteiger partial charge in [0.15, 0.2) is 0 Å². The summed E-state index contributed by atoms with van der Waals surface area (Å²) in [7, 11) is 3.40.